The highest BCUT2D eigenvalue weighted by atomic mass is 16.5. The summed E-state index contributed by atoms with van der Waals surface area (Å²) < 4.78 is 16.4. The molecular formula is C23H27N5O4. The van der Waals surface area contributed by atoms with E-state index in [1.54, 1.807) is 7.11 Å². The molecule has 9 nitrogen and oxygen atoms in total. The zero-order valence-corrected chi connectivity index (χ0v) is 18.2. The average molecular weight is 438 g/mol. The third-order valence-electron chi connectivity index (χ3n) is 5.90. The van der Waals surface area contributed by atoms with Gasteiger partial charge in [-0.2, -0.15) is 4.98 Å². The Bertz CT molecular complexity index is 1100. The summed E-state index contributed by atoms with van der Waals surface area (Å²) in [6.07, 6.45) is 1.85. The molecule has 1 aromatic carbocycles. The van der Waals surface area contributed by atoms with Gasteiger partial charge in [0.2, 0.25) is 5.95 Å². The van der Waals surface area contributed by atoms with Crippen molar-refractivity contribution < 1.29 is 19.3 Å². The molecule has 4 heterocycles. The van der Waals surface area contributed by atoms with Gasteiger partial charge in [0, 0.05) is 43.5 Å². The topological polar surface area (TPSA) is 93.1 Å². The molecule has 0 saturated carbocycles. The van der Waals surface area contributed by atoms with Crippen LogP contribution in [0.5, 0.6) is 5.75 Å². The molecule has 0 aliphatic carbocycles. The van der Waals surface area contributed by atoms with Crippen molar-refractivity contribution in [2.45, 2.75) is 6.61 Å². The Balaban J connectivity index is 1.60. The lowest BCUT2D eigenvalue weighted by Gasteiger charge is -2.31. The van der Waals surface area contributed by atoms with Crippen LogP contribution in [0.4, 0.5) is 11.8 Å². The van der Waals surface area contributed by atoms with Crippen LogP contribution in [0.1, 0.15) is 5.56 Å². The molecule has 0 unspecified atom stereocenters. The third-order valence-corrected chi connectivity index (χ3v) is 5.90. The maximum atomic E-state index is 9.70. The van der Waals surface area contributed by atoms with Crippen LogP contribution in [0, 0.1) is 0 Å². The van der Waals surface area contributed by atoms with Gasteiger partial charge in [0.15, 0.2) is 0 Å². The lowest BCUT2D eigenvalue weighted by molar-refractivity contribution is 0.121. The van der Waals surface area contributed by atoms with E-state index in [-0.39, 0.29) is 6.61 Å². The Morgan fingerprint density at radius 2 is 1.69 bits per heavy atom. The Morgan fingerprint density at radius 1 is 0.969 bits per heavy atom. The van der Waals surface area contributed by atoms with E-state index in [0.717, 1.165) is 59.7 Å². The van der Waals surface area contributed by atoms with Crippen molar-refractivity contribution in [3.63, 3.8) is 0 Å². The van der Waals surface area contributed by atoms with E-state index in [2.05, 4.69) is 9.80 Å². The number of aliphatic hydroxyl groups excluding tert-OH is 1. The summed E-state index contributed by atoms with van der Waals surface area (Å²) in [7, 11) is 1.60. The van der Waals surface area contributed by atoms with Gasteiger partial charge in [0.05, 0.1) is 56.7 Å². The molecule has 9 heteroatoms. The van der Waals surface area contributed by atoms with E-state index < -0.39 is 0 Å². The molecule has 5 rings (SSSR count). The van der Waals surface area contributed by atoms with Gasteiger partial charge in [-0.05, 0) is 24.3 Å². The lowest BCUT2D eigenvalue weighted by atomic mass is 10.1. The summed E-state index contributed by atoms with van der Waals surface area (Å²) in [6.45, 7) is 5.71. The van der Waals surface area contributed by atoms with Gasteiger partial charge in [0.25, 0.3) is 0 Å². The Hall–Kier alpha value is -3.01. The number of hydrogen-bond donors (Lipinski definition) is 1. The first-order valence-corrected chi connectivity index (χ1v) is 10.9. The second kappa shape index (κ2) is 9.23. The predicted octanol–water partition coefficient (Wildman–Crippen LogP) is 1.87. The molecule has 1 N–H and O–H groups in total. The molecule has 0 amide bonds. The van der Waals surface area contributed by atoms with Crippen LogP contribution in [0.2, 0.25) is 0 Å². The van der Waals surface area contributed by atoms with Gasteiger partial charge < -0.3 is 29.1 Å². The number of rotatable bonds is 5. The van der Waals surface area contributed by atoms with Crippen LogP contribution >= 0.6 is 0 Å². The number of fused-ring (bicyclic) bond motifs is 1. The highest BCUT2D eigenvalue weighted by Gasteiger charge is 2.22. The van der Waals surface area contributed by atoms with Gasteiger partial charge in [-0.3, -0.25) is 4.98 Å². The number of pyridine rings is 1. The first kappa shape index (κ1) is 20.9. The quantitative estimate of drug-likeness (QED) is 0.642. The summed E-state index contributed by atoms with van der Waals surface area (Å²) in [5, 5.41) is 10.6. The second-order valence-corrected chi connectivity index (χ2v) is 7.82. The van der Waals surface area contributed by atoms with Crippen LogP contribution in [0.3, 0.4) is 0 Å². The van der Waals surface area contributed by atoms with Crippen LogP contribution < -0.4 is 14.5 Å². The predicted molar refractivity (Wildman–Crippen MR) is 121 cm³/mol. The van der Waals surface area contributed by atoms with Crippen LogP contribution in [-0.4, -0.2) is 79.8 Å². The number of morpholine rings is 2. The highest BCUT2D eigenvalue weighted by Crippen LogP contribution is 2.31. The third kappa shape index (κ3) is 4.06. The van der Waals surface area contributed by atoms with Gasteiger partial charge in [-0.1, -0.05) is 0 Å². The first-order valence-electron chi connectivity index (χ1n) is 10.9. The van der Waals surface area contributed by atoms with Crippen LogP contribution in [-0.2, 0) is 16.1 Å². The van der Waals surface area contributed by atoms with Crippen molar-refractivity contribution in [3.05, 3.63) is 36.0 Å². The normalized spacial score (nSPS) is 17.1. The molecule has 2 fully saturated rings. The van der Waals surface area contributed by atoms with Crippen molar-refractivity contribution in [3.8, 4) is 17.0 Å². The minimum absolute atomic E-state index is 0.102. The summed E-state index contributed by atoms with van der Waals surface area (Å²) in [6, 6.07) is 7.69. The Labute approximate surface area is 186 Å². The number of aromatic nitrogens is 3. The summed E-state index contributed by atoms with van der Waals surface area (Å²) in [5.74, 6) is 2.26. The lowest BCUT2D eigenvalue weighted by Crippen LogP contribution is -2.39. The number of ether oxygens (including phenoxy) is 3. The fourth-order valence-electron chi connectivity index (χ4n) is 4.14. The maximum Gasteiger partial charge on any atom is 0.228 e. The molecule has 32 heavy (non-hydrogen) atoms. The average Bonchev–Trinajstić information content (AvgIpc) is 2.88. The zero-order chi connectivity index (χ0) is 21.9. The second-order valence-electron chi connectivity index (χ2n) is 7.82. The van der Waals surface area contributed by atoms with Crippen molar-refractivity contribution in [2.24, 2.45) is 0 Å². The molecule has 2 aliphatic rings. The van der Waals surface area contributed by atoms with Crippen LogP contribution in [0.15, 0.2) is 30.5 Å². The molecular weight excluding hydrogens is 410 g/mol. The first-order chi connectivity index (χ1) is 15.8. The van der Waals surface area contributed by atoms with E-state index in [9.17, 15) is 5.11 Å². The molecule has 2 aliphatic heterocycles. The Kier molecular flexibility index (Phi) is 6.02. The Morgan fingerprint density at radius 3 is 2.38 bits per heavy atom. The number of hydrogen-bond acceptors (Lipinski definition) is 9. The highest BCUT2D eigenvalue weighted by molar-refractivity contribution is 5.92. The summed E-state index contributed by atoms with van der Waals surface area (Å²) >= 11 is 0. The molecule has 0 spiro atoms. The van der Waals surface area contributed by atoms with Gasteiger partial charge in [0.1, 0.15) is 11.6 Å². The fraction of sp³-hybridized carbons (Fsp3) is 0.435. The monoisotopic (exact) mass is 437 g/mol. The van der Waals surface area contributed by atoms with Gasteiger partial charge in [-0.15, -0.1) is 0 Å². The maximum absolute atomic E-state index is 9.70. The number of benzene rings is 1. The number of anilines is 2. The molecule has 0 atom stereocenters. The van der Waals surface area contributed by atoms with E-state index >= 15 is 0 Å². The van der Waals surface area contributed by atoms with Crippen molar-refractivity contribution in [1.29, 1.82) is 0 Å². The molecule has 3 aromatic rings. The molecule has 0 bridgehead atoms. The zero-order valence-electron chi connectivity index (χ0n) is 18.2. The van der Waals surface area contributed by atoms with Crippen molar-refractivity contribution in [1.82, 2.24) is 15.0 Å². The van der Waals surface area contributed by atoms with Gasteiger partial charge >= 0.3 is 0 Å². The molecule has 2 saturated heterocycles. The number of methoxy groups -OCH3 is 1. The van der Waals surface area contributed by atoms with E-state index in [1.807, 2.05) is 30.5 Å². The van der Waals surface area contributed by atoms with Crippen LogP contribution in [0.25, 0.3) is 22.2 Å². The minimum Gasteiger partial charge on any atom is -0.496 e. The summed E-state index contributed by atoms with van der Waals surface area (Å²) in [5.41, 5.74) is 3.25. The molecule has 168 valence electrons. The molecule has 2 aromatic heterocycles. The van der Waals surface area contributed by atoms with Crippen molar-refractivity contribution in [2.75, 3.05) is 69.5 Å². The fourth-order valence-corrected chi connectivity index (χ4v) is 4.14. The summed E-state index contributed by atoms with van der Waals surface area (Å²) in [4.78, 5) is 19.0. The minimum atomic E-state index is -0.102. The number of aliphatic hydroxyl groups is 1. The molecule has 0 radical (unpaired) electrons. The smallest absolute Gasteiger partial charge is 0.228 e. The number of nitrogens with zero attached hydrogens (tertiary/aromatic N) is 5. The SMILES string of the molecule is COc1ccc(-c2cc3nc(N4CCOCC4)nc(N4CCOCC4)c3cn2)cc1CO. The van der Waals surface area contributed by atoms with Gasteiger partial charge in [-0.25, -0.2) is 4.98 Å². The van der Waals surface area contributed by atoms with E-state index in [4.69, 9.17) is 29.2 Å². The van der Waals surface area contributed by atoms with E-state index in [0.29, 0.717) is 38.1 Å². The van der Waals surface area contributed by atoms with E-state index in [1.165, 1.54) is 0 Å². The van der Waals surface area contributed by atoms with Crippen molar-refractivity contribution >= 4 is 22.7 Å². The largest absolute Gasteiger partial charge is 0.496 e. The standard InChI is InChI=1S/C23H27N5O4/c1-30-21-3-2-16(12-17(21)15-29)19-13-20-18(14-24-19)22(27-4-8-31-9-5-27)26-23(25-20)28-6-10-32-11-7-28/h2-3,12-14,29H,4-11,15H2,1H3.